The Kier molecular flexibility index (Phi) is 6.99. The number of aromatic nitrogens is 1. The Labute approximate surface area is 127 Å². The van der Waals surface area contributed by atoms with Crippen molar-refractivity contribution in [2.24, 2.45) is 5.92 Å². The maximum absolute atomic E-state index is 11.0. The molecule has 0 bridgehead atoms. The van der Waals surface area contributed by atoms with Crippen molar-refractivity contribution in [3.63, 3.8) is 0 Å². The average molecular weight is 293 g/mol. The van der Waals surface area contributed by atoms with E-state index >= 15 is 0 Å². The van der Waals surface area contributed by atoms with Gasteiger partial charge in [-0.25, -0.2) is 4.98 Å². The minimum atomic E-state index is -0.760. The minimum Gasteiger partial charge on any atom is -0.481 e. The van der Waals surface area contributed by atoms with Crippen molar-refractivity contribution in [3.8, 4) is 0 Å². The molecule has 5 heteroatoms. The van der Waals surface area contributed by atoms with Gasteiger partial charge < -0.3 is 14.9 Å². The number of nitrogens with zero attached hydrogens (tertiary/aromatic N) is 3. The molecule has 1 N–H and O–H groups in total. The van der Waals surface area contributed by atoms with E-state index in [0.29, 0.717) is 6.54 Å². The van der Waals surface area contributed by atoms with Crippen LogP contribution in [0.1, 0.15) is 34.1 Å². The van der Waals surface area contributed by atoms with Crippen LogP contribution >= 0.6 is 0 Å². The van der Waals surface area contributed by atoms with Crippen LogP contribution in [0.3, 0.4) is 0 Å². The van der Waals surface area contributed by atoms with Crippen LogP contribution in [0.5, 0.6) is 0 Å². The molecule has 0 saturated carbocycles. The molecule has 0 aromatic carbocycles. The van der Waals surface area contributed by atoms with Crippen molar-refractivity contribution in [2.75, 3.05) is 36.0 Å². The second-order valence-electron chi connectivity index (χ2n) is 5.23. The second-order valence-corrected chi connectivity index (χ2v) is 5.23. The molecule has 0 amide bonds. The molecule has 1 heterocycles. The van der Waals surface area contributed by atoms with Gasteiger partial charge >= 0.3 is 5.97 Å². The zero-order chi connectivity index (χ0) is 15.8. The molecule has 0 spiro atoms. The Balaban J connectivity index is 2.86. The van der Waals surface area contributed by atoms with Crippen LogP contribution in [0.4, 0.5) is 11.5 Å². The summed E-state index contributed by atoms with van der Waals surface area (Å²) < 4.78 is 0. The third-order valence-corrected chi connectivity index (χ3v) is 3.59. The summed E-state index contributed by atoms with van der Waals surface area (Å²) in [5.41, 5.74) is 0.987. The van der Waals surface area contributed by atoms with Crippen molar-refractivity contribution < 1.29 is 9.90 Å². The lowest BCUT2D eigenvalue weighted by Gasteiger charge is -2.27. The normalized spacial score (nSPS) is 12.0. The highest BCUT2D eigenvalue weighted by atomic mass is 16.4. The molecule has 5 nitrogen and oxygen atoms in total. The zero-order valence-corrected chi connectivity index (χ0v) is 13.5. The summed E-state index contributed by atoms with van der Waals surface area (Å²) in [6, 6.07) is 4.04. The molecule has 0 saturated heterocycles. The van der Waals surface area contributed by atoms with E-state index in [1.807, 2.05) is 18.3 Å². The van der Waals surface area contributed by atoms with Crippen molar-refractivity contribution in [3.05, 3.63) is 18.3 Å². The summed E-state index contributed by atoms with van der Waals surface area (Å²) in [7, 11) is 0. The molecule has 1 rings (SSSR count). The van der Waals surface area contributed by atoms with Gasteiger partial charge in [-0.1, -0.05) is 13.8 Å². The van der Waals surface area contributed by atoms with E-state index in [0.717, 1.165) is 37.6 Å². The molecule has 1 atom stereocenters. The van der Waals surface area contributed by atoms with Crippen LogP contribution in [0.25, 0.3) is 0 Å². The minimum absolute atomic E-state index is 0.390. The van der Waals surface area contributed by atoms with Crippen LogP contribution in [-0.2, 0) is 4.79 Å². The molecule has 0 fully saturated rings. The van der Waals surface area contributed by atoms with Gasteiger partial charge in [0.2, 0.25) is 0 Å². The number of pyridine rings is 1. The predicted octanol–water partition coefficient (Wildman–Crippen LogP) is 2.86. The number of hydrogen-bond acceptors (Lipinski definition) is 4. The summed E-state index contributed by atoms with van der Waals surface area (Å²) >= 11 is 0. The molecular weight excluding hydrogens is 266 g/mol. The average Bonchev–Trinajstić information content (AvgIpc) is 2.48. The van der Waals surface area contributed by atoms with Gasteiger partial charge in [-0.2, -0.15) is 0 Å². The molecule has 118 valence electrons. The number of anilines is 2. The number of hydrogen-bond donors (Lipinski definition) is 1. The van der Waals surface area contributed by atoms with Crippen LogP contribution in [-0.4, -0.2) is 42.2 Å². The Morgan fingerprint density at radius 1 is 1.24 bits per heavy atom. The fourth-order valence-electron chi connectivity index (χ4n) is 2.30. The van der Waals surface area contributed by atoms with Crippen LogP contribution in [0.2, 0.25) is 0 Å². The Morgan fingerprint density at radius 3 is 2.33 bits per heavy atom. The first-order chi connectivity index (χ1) is 10.0. The van der Waals surface area contributed by atoms with Gasteiger partial charge in [-0.3, -0.25) is 4.79 Å². The SMILES string of the molecule is CCCN(CC(C)C(=O)O)c1ccc(N(CC)CC)nc1. The monoisotopic (exact) mass is 293 g/mol. The van der Waals surface area contributed by atoms with E-state index in [1.54, 1.807) is 6.92 Å². The summed E-state index contributed by atoms with van der Waals surface area (Å²) in [6.07, 6.45) is 2.82. The number of carboxylic acid groups (broad SMARTS) is 1. The Bertz CT molecular complexity index is 430. The fraction of sp³-hybridized carbons (Fsp3) is 0.625. The lowest BCUT2D eigenvalue weighted by Crippen LogP contribution is -2.32. The Hall–Kier alpha value is -1.78. The molecule has 1 unspecified atom stereocenters. The predicted molar refractivity (Wildman–Crippen MR) is 87.1 cm³/mol. The van der Waals surface area contributed by atoms with Gasteiger partial charge in [0.25, 0.3) is 0 Å². The number of rotatable bonds is 9. The third kappa shape index (κ3) is 4.92. The zero-order valence-electron chi connectivity index (χ0n) is 13.5. The number of aliphatic carboxylic acids is 1. The van der Waals surface area contributed by atoms with Gasteiger partial charge in [0.05, 0.1) is 17.8 Å². The molecule has 1 aromatic heterocycles. The molecular formula is C16H27N3O2. The maximum atomic E-state index is 11.0. The summed E-state index contributed by atoms with van der Waals surface area (Å²) in [5.74, 6) is -0.186. The smallest absolute Gasteiger partial charge is 0.308 e. The summed E-state index contributed by atoms with van der Waals surface area (Å²) in [6.45, 7) is 11.3. The van der Waals surface area contributed by atoms with E-state index in [4.69, 9.17) is 5.11 Å². The van der Waals surface area contributed by atoms with Crippen LogP contribution in [0.15, 0.2) is 18.3 Å². The van der Waals surface area contributed by atoms with E-state index in [2.05, 4.69) is 35.6 Å². The fourth-order valence-corrected chi connectivity index (χ4v) is 2.30. The summed E-state index contributed by atoms with van der Waals surface area (Å²) in [5, 5.41) is 9.08. The standard InChI is InChI=1S/C16H27N3O2/c1-5-10-19(12-13(4)16(20)21)14-8-9-15(17-11-14)18(6-2)7-3/h8-9,11,13H,5-7,10,12H2,1-4H3,(H,20,21). The van der Waals surface area contributed by atoms with Gasteiger partial charge in [-0.15, -0.1) is 0 Å². The molecule has 0 aliphatic carbocycles. The Morgan fingerprint density at radius 2 is 1.90 bits per heavy atom. The number of carbonyl (C=O) groups is 1. The quantitative estimate of drug-likeness (QED) is 0.758. The third-order valence-electron chi connectivity index (χ3n) is 3.59. The molecule has 0 aliphatic rings. The van der Waals surface area contributed by atoms with Crippen molar-refractivity contribution in [1.29, 1.82) is 0 Å². The second kappa shape index (κ2) is 8.49. The van der Waals surface area contributed by atoms with Gasteiger partial charge in [0.15, 0.2) is 0 Å². The van der Waals surface area contributed by atoms with Crippen molar-refractivity contribution in [1.82, 2.24) is 4.98 Å². The first-order valence-electron chi connectivity index (χ1n) is 7.72. The van der Waals surface area contributed by atoms with E-state index in [9.17, 15) is 4.79 Å². The number of carboxylic acids is 1. The first-order valence-corrected chi connectivity index (χ1v) is 7.72. The molecule has 0 radical (unpaired) electrons. The highest BCUT2D eigenvalue weighted by molar-refractivity contribution is 5.70. The van der Waals surface area contributed by atoms with E-state index in [-0.39, 0.29) is 5.92 Å². The van der Waals surface area contributed by atoms with E-state index in [1.165, 1.54) is 0 Å². The lowest BCUT2D eigenvalue weighted by molar-refractivity contribution is -0.140. The largest absolute Gasteiger partial charge is 0.481 e. The van der Waals surface area contributed by atoms with Crippen LogP contribution < -0.4 is 9.80 Å². The van der Waals surface area contributed by atoms with Crippen molar-refractivity contribution in [2.45, 2.75) is 34.1 Å². The summed E-state index contributed by atoms with van der Waals surface area (Å²) in [4.78, 5) is 19.8. The van der Waals surface area contributed by atoms with E-state index < -0.39 is 5.97 Å². The molecule has 1 aromatic rings. The van der Waals surface area contributed by atoms with Crippen molar-refractivity contribution >= 4 is 17.5 Å². The van der Waals surface area contributed by atoms with Gasteiger partial charge in [-0.05, 0) is 32.4 Å². The molecule has 21 heavy (non-hydrogen) atoms. The van der Waals surface area contributed by atoms with Gasteiger partial charge in [0, 0.05) is 26.2 Å². The molecule has 0 aliphatic heterocycles. The first kappa shape index (κ1) is 17.3. The van der Waals surface area contributed by atoms with Crippen LogP contribution in [0, 0.1) is 5.92 Å². The highest BCUT2D eigenvalue weighted by Crippen LogP contribution is 2.19. The lowest BCUT2D eigenvalue weighted by atomic mass is 10.1. The highest BCUT2D eigenvalue weighted by Gasteiger charge is 2.16. The maximum Gasteiger partial charge on any atom is 0.308 e. The topological polar surface area (TPSA) is 56.7 Å². The van der Waals surface area contributed by atoms with Gasteiger partial charge in [0.1, 0.15) is 5.82 Å².